The summed E-state index contributed by atoms with van der Waals surface area (Å²) < 4.78 is 3.82. The fourth-order valence-corrected chi connectivity index (χ4v) is 6.11. The highest BCUT2D eigenvalue weighted by Gasteiger charge is 2.19. The largest absolute Gasteiger partial charge is 0.268 e. The zero-order chi connectivity index (χ0) is 29.0. The molecule has 9 rings (SSSR count). The normalized spacial score (nSPS) is 11.6. The summed E-state index contributed by atoms with van der Waals surface area (Å²) in [6.07, 6.45) is 7.31. The molecule has 0 aliphatic rings. The predicted octanol–water partition coefficient (Wildman–Crippen LogP) is 8.14. The van der Waals surface area contributed by atoms with Gasteiger partial charge in [0, 0.05) is 41.5 Å². The Morgan fingerprint density at radius 1 is 0.409 bits per heavy atom. The van der Waals surface area contributed by atoms with Crippen molar-refractivity contribution >= 4 is 32.3 Å². The smallest absolute Gasteiger partial charge is 0.240 e. The topological polar surface area (TPSA) is 74.3 Å². The summed E-state index contributed by atoms with van der Waals surface area (Å²) in [7, 11) is 0. The molecule has 0 bridgehead atoms. The second-order valence-corrected chi connectivity index (χ2v) is 10.7. The van der Waals surface area contributed by atoms with Gasteiger partial charge in [-0.1, -0.05) is 103 Å². The van der Waals surface area contributed by atoms with Gasteiger partial charge in [-0.25, -0.2) is 9.97 Å². The van der Waals surface area contributed by atoms with Gasteiger partial charge in [-0.2, -0.15) is 15.0 Å². The molecule has 3 heterocycles. The molecule has 0 aliphatic carbocycles. The summed E-state index contributed by atoms with van der Waals surface area (Å²) in [5.41, 5.74) is 2.84. The third kappa shape index (κ3) is 3.87. The molecule has 0 N–H and O–H groups in total. The molecule has 3 aromatic heterocycles. The van der Waals surface area contributed by atoms with Crippen LogP contribution < -0.4 is 0 Å². The van der Waals surface area contributed by atoms with Gasteiger partial charge in [0.05, 0.1) is 0 Å². The molecule has 0 aliphatic heterocycles. The summed E-state index contributed by atoms with van der Waals surface area (Å²) in [6.45, 7) is 0. The van der Waals surface area contributed by atoms with Crippen molar-refractivity contribution in [3.63, 3.8) is 0 Å². The van der Waals surface area contributed by atoms with E-state index in [2.05, 4.69) is 64.6 Å². The molecule has 6 aromatic carbocycles. The van der Waals surface area contributed by atoms with Gasteiger partial charge in [0.1, 0.15) is 11.6 Å². The van der Waals surface area contributed by atoms with Crippen LogP contribution in [0.2, 0.25) is 0 Å². The third-order valence-electron chi connectivity index (χ3n) is 8.11. The SMILES string of the molecule is c1ccc(-c2nccn2-c2nc(-c3cc4ccc5cccc6ccc(c3)c4c56)nc(-n3ccnc3-c3ccccc3)n2)cc1. The van der Waals surface area contributed by atoms with Crippen molar-refractivity contribution in [2.75, 3.05) is 0 Å². The third-order valence-corrected chi connectivity index (χ3v) is 8.11. The minimum absolute atomic E-state index is 0.471. The average molecular weight is 566 g/mol. The first kappa shape index (κ1) is 24.4. The molecule has 0 saturated heterocycles. The van der Waals surface area contributed by atoms with Crippen molar-refractivity contribution in [1.82, 2.24) is 34.1 Å². The van der Waals surface area contributed by atoms with Crippen molar-refractivity contribution < 1.29 is 0 Å². The minimum Gasteiger partial charge on any atom is -0.268 e. The standard InChI is InChI=1S/C37H23N7/c1-3-8-26(9-4-1)34-38-18-20-43(34)36-40-33(41-37(42-36)44-21-19-39-35(44)27-10-5-2-6-11-27)30-22-28-16-14-24-12-7-13-25-15-17-29(23-30)32(28)31(24)25/h1-23H. The molecule has 0 amide bonds. The van der Waals surface area contributed by atoms with Crippen molar-refractivity contribution in [3.05, 3.63) is 140 Å². The Bertz CT molecular complexity index is 2280. The van der Waals surface area contributed by atoms with Crippen LogP contribution in [0.1, 0.15) is 0 Å². The summed E-state index contributed by atoms with van der Waals surface area (Å²) in [6, 6.07) is 39.7. The second-order valence-electron chi connectivity index (χ2n) is 10.7. The molecule has 44 heavy (non-hydrogen) atoms. The van der Waals surface area contributed by atoms with Crippen molar-refractivity contribution in [3.8, 4) is 46.1 Å². The summed E-state index contributed by atoms with van der Waals surface area (Å²) in [4.78, 5) is 24.4. The number of hydrogen-bond donors (Lipinski definition) is 0. The lowest BCUT2D eigenvalue weighted by Gasteiger charge is -2.14. The Morgan fingerprint density at radius 2 is 0.886 bits per heavy atom. The van der Waals surface area contributed by atoms with E-state index in [9.17, 15) is 0 Å². The van der Waals surface area contributed by atoms with Gasteiger partial charge in [0.25, 0.3) is 0 Å². The Kier molecular flexibility index (Phi) is 5.36. The quantitative estimate of drug-likeness (QED) is 0.197. The van der Waals surface area contributed by atoms with Gasteiger partial charge in [-0.05, 0) is 44.5 Å². The summed E-state index contributed by atoms with van der Waals surface area (Å²) >= 11 is 0. The first-order chi connectivity index (χ1) is 21.8. The van der Waals surface area contributed by atoms with Crippen LogP contribution in [0.25, 0.3) is 78.4 Å². The van der Waals surface area contributed by atoms with Gasteiger partial charge in [0.15, 0.2) is 5.82 Å². The van der Waals surface area contributed by atoms with Gasteiger partial charge in [-0.15, -0.1) is 0 Å². The Hall–Kier alpha value is -6.21. The first-order valence-electron chi connectivity index (χ1n) is 14.4. The highest BCUT2D eigenvalue weighted by Crippen LogP contribution is 2.37. The van der Waals surface area contributed by atoms with Crippen LogP contribution in [0.3, 0.4) is 0 Å². The maximum Gasteiger partial charge on any atom is 0.240 e. The lowest BCUT2D eigenvalue weighted by molar-refractivity contribution is 0.849. The van der Waals surface area contributed by atoms with E-state index < -0.39 is 0 Å². The molecule has 0 fully saturated rings. The summed E-state index contributed by atoms with van der Waals surface area (Å²) in [5.74, 6) is 3.01. The average Bonchev–Trinajstić information content (AvgIpc) is 3.79. The Labute approximate surface area is 252 Å². The van der Waals surface area contributed by atoms with Crippen LogP contribution >= 0.6 is 0 Å². The van der Waals surface area contributed by atoms with Crippen LogP contribution in [0.4, 0.5) is 0 Å². The molecule has 7 nitrogen and oxygen atoms in total. The number of rotatable bonds is 5. The molecule has 0 radical (unpaired) electrons. The van der Waals surface area contributed by atoms with Crippen molar-refractivity contribution in [2.45, 2.75) is 0 Å². The van der Waals surface area contributed by atoms with E-state index in [1.54, 1.807) is 12.4 Å². The fourth-order valence-electron chi connectivity index (χ4n) is 6.11. The van der Waals surface area contributed by atoms with E-state index in [4.69, 9.17) is 15.0 Å². The van der Waals surface area contributed by atoms with Crippen molar-refractivity contribution in [1.29, 1.82) is 0 Å². The molecule has 0 unspecified atom stereocenters. The van der Waals surface area contributed by atoms with Crippen LogP contribution in [0.15, 0.2) is 140 Å². The van der Waals surface area contributed by atoms with Gasteiger partial charge < -0.3 is 0 Å². The second kappa shape index (κ2) is 9.68. The van der Waals surface area contributed by atoms with Gasteiger partial charge in [0.2, 0.25) is 11.9 Å². The predicted molar refractivity (Wildman–Crippen MR) is 174 cm³/mol. The maximum absolute atomic E-state index is 5.05. The van der Waals surface area contributed by atoms with E-state index in [0.717, 1.165) is 39.1 Å². The zero-order valence-electron chi connectivity index (χ0n) is 23.4. The molecule has 0 saturated carbocycles. The minimum atomic E-state index is 0.471. The van der Waals surface area contributed by atoms with Crippen LogP contribution in [0.5, 0.6) is 0 Å². The number of hydrogen-bond acceptors (Lipinski definition) is 5. The molecular weight excluding hydrogens is 542 g/mol. The number of aromatic nitrogens is 7. The molecule has 0 spiro atoms. The lowest BCUT2D eigenvalue weighted by atomic mass is 9.93. The zero-order valence-corrected chi connectivity index (χ0v) is 23.4. The van der Waals surface area contributed by atoms with E-state index in [0.29, 0.717) is 17.7 Å². The van der Waals surface area contributed by atoms with Crippen LogP contribution in [-0.2, 0) is 0 Å². The highest BCUT2D eigenvalue weighted by molar-refractivity contribution is 6.23. The van der Waals surface area contributed by atoms with E-state index in [-0.39, 0.29) is 0 Å². The highest BCUT2D eigenvalue weighted by atomic mass is 15.3. The van der Waals surface area contributed by atoms with Crippen LogP contribution in [0, 0.1) is 0 Å². The first-order valence-corrected chi connectivity index (χ1v) is 14.4. The number of benzene rings is 6. The summed E-state index contributed by atoms with van der Waals surface area (Å²) in [5, 5.41) is 7.29. The molecule has 7 heteroatoms. The monoisotopic (exact) mass is 565 g/mol. The fraction of sp³-hybridized carbons (Fsp3) is 0. The molecule has 9 aromatic rings. The van der Waals surface area contributed by atoms with E-state index >= 15 is 0 Å². The Balaban J connectivity index is 1.29. The maximum atomic E-state index is 5.05. The van der Waals surface area contributed by atoms with Crippen molar-refractivity contribution in [2.24, 2.45) is 0 Å². The van der Waals surface area contributed by atoms with Gasteiger partial charge >= 0.3 is 0 Å². The van der Waals surface area contributed by atoms with E-state index in [1.807, 2.05) is 82.2 Å². The number of nitrogens with zero attached hydrogens (tertiary/aromatic N) is 7. The molecule has 206 valence electrons. The number of imidazole rings is 2. The lowest BCUT2D eigenvalue weighted by Crippen LogP contribution is -2.11. The van der Waals surface area contributed by atoms with Gasteiger partial charge in [-0.3, -0.25) is 9.13 Å². The molecule has 0 atom stereocenters. The molecular formula is C37H23N7. The Morgan fingerprint density at radius 3 is 1.41 bits per heavy atom. The van der Waals surface area contributed by atoms with E-state index in [1.165, 1.54) is 21.5 Å². The van der Waals surface area contributed by atoms with Crippen LogP contribution in [-0.4, -0.2) is 34.1 Å².